The van der Waals surface area contributed by atoms with Crippen molar-refractivity contribution < 1.29 is 18.0 Å². The lowest BCUT2D eigenvalue weighted by Gasteiger charge is -2.32. The van der Waals surface area contributed by atoms with Gasteiger partial charge in [0.2, 0.25) is 11.8 Å². The molecule has 8 heteroatoms. The van der Waals surface area contributed by atoms with Crippen LogP contribution in [0.25, 0.3) is 0 Å². The molecule has 1 N–H and O–H groups in total. The Morgan fingerprint density at radius 1 is 0.886 bits per heavy atom. The summed E-state index contributed by atoms with van der Waals surface area (Å²) in [5, 5.41) is 2.58. The molecular weight excluding hydrogens is 462 g/mol. The summed E-state index contributed by atoms with van der Waals surface area (Å²) in [5.41, 5.74) is 3.14. The largest absolute Gasteiger partial charge is 0.357 e. The maximum absolute atomic E-state index is 13.7. The normalized spacial score (nSPS) is 12.0. The maximum atomic E-state index is 13.7. The SMILES string of the molecule is CNC(=O)[C@H](C)N(Cc1ccccc1)C(=O)CN(c1ccc(C)c(C)c1)S(=O)(=O)c1ccccc1. The number of rotatable bonds is 9. The molecule has 2 amide bonds. The van der Waals surface area contributed by atoms with E-state index >= 15 is 0 Å². The Morgan fingerprint density at radius 2 is 1.49 bits per heavy atom. The Hall–Kier alpha value is -3.65. The van der Waals surface area contributed by atoms with Gasteiger partial charge >= 0.3 is 0 Å². The number of amides is 2. The van der Waals surface area contributed by atoms with Crippen molar-refractivity contribution in [3.63, 3.8) is 0 Å². The summed E-state index contributed by atoms with van der Waals surface area (Å²) in [4.78, 5) is 27.6. The average molecular weight is 494 g/mol. The van der Waals surface area contributed by atoms with Gasteiger partial charge in [-0.1, -0.05) is 54.6 Å². The topological polar surface area (TPSA) is 86.8 Å². The molecule has 3 aromatic rings. The number of hydrogen-bond acceptors (Lipinski definition) is 4. The highest BCUT2D eigenvalue weighted by Gasteiger charge is 2.32. The molecule has 0 saturated heterocycles. The number of anilines is 1. The number of benzene rings is 3. The van der Waals surface area contributed by atoms with Gasteiger partial charge in [-0.25, -0.2) is 8.42 Å². The zero-order chi connectivity index (χ0) is 25.6. The van der Waals surface area contributed by atoms with Crippen LogP contribution >= 0.6 is 0 Å². The van der Waals surface area contributed by atoms with Crippen molar-refractivity contribution >= 4 is 27.5 Å². The fourth-order valence-electron chi connectivity index (χ4n) is 3.70. The molecule has 0 fully saturated rings. The summed E-state index contributed by atoms with van der Waals surface area (Å²) < 4.78 is 28.5. The van der Waals surface area contributed by atoms with Crippen molar-refractivity contribution in [1.29, 1.82) is 0 Å². The van der Waals surface area contributed by atoms with Crippen LogP contribution < -0.4 is 9.62 Å². The Morgan fingerprint density at radius 3 is 2.06 bits per heavy atom. The summed E-state index contributed by atoms with van der Waals surface area (Å²) in [6.45, 7) is 5.18. The first-order valence-corrected chi connectivity index (χ1v) is 12.8. The van der Waals surface area contributed by atoms with Crippen LogP contribution in [0.2, 0.25) is 0 Å². The predicted octanol–water partition coefficient (Wildman–Crippen LogP) is 3.66. The zero-order valence-electron chi connectivity index (χ0n) is 20.4. The third-order valence-electron chi connectivity index (χ3n) is 6.00. The molecule has 0 saturated carbocycles. The van der Waals surface area contributed by atoms with E-state index < -0.39 is 28.5 Å². The molecule has 35 heavy (non-hydrogen) atoms. The van der Waals surface area contributed by atoms with Crippen LogP contribution in [0.15, 0.2) is 83.8 Å². The van der Waals surface area contributed by atoms with E-state index in [-0.39, 0.29) is 17.3 Å². The highest BCUT2D eigenvalue weighted by Crippen LogP contribution is 2.26. The van der Waals surface area contributed by atoms with Crippen molar-refractivity contribution in [1.82, 2.24) is 10.2 Å². The van der Waals surface area contributed by atoms with E-state index in [9.17, 15) is 18.0 Å². The summed E-state index contributed by atoms with van der Waals surface area (Å²) in [6.07, 6.45) is 0. The van der Waals surface area contributed by atoms with Gasteiger partial charge in [-0.2, -0.15) is 0 Å². The summed E-state index contributed by atoms with van der Waals surface area (Å²) >= 11 is 0. The van der Waals surface area contributed by atoms with Crippen LogP contribution in [0.3, 0.4) is 0 Å². The van der Waals surface area contributed by atoms with E-state index in [1.807, 2.05) is 50.2 Å². The van der Waals surface area contributed by atoms with Crippen LogP contribution in [0.1, 0.15) is 23.6 Å². The standard InChI is InChI=1S/C27H31N3O4S/c1-20-15-16-24(17-21(20)2)30(35(33,34)25-13-9-6-10-14-25)19-26(31)29(22(3)27(32)28-4)18-23-11-7-5-8-12-23/h5-17,22H,18-19H2,1-4H3,(H,28,32)/t22-/m0/s1. The fraction of sp³-hybridized carbons (Fsp3) is 0.259. The minimum atomic E-state index is -4.05. The lowest BCUT2D eigenvalue weighted by atomic mass is 10.1. The average Bonchev–Trinajstić information content (AvgIpc) is 2.87. The van der Waals surface area contributed by atoms with Crippen LogP contribution in [-0.2, 0) is 26.2 Å². The van der Waals surface area contributed by atoms with E-state index in [0.717, 1.165) is 21.0 Å². The molecule has 0 radical (unpaired) electrons. The quantitative estimate of drug-likeness (QED) is 0.493. The van der Waals surface area contributed by atoms with Gasteiger partial charge in [0.15, 0.2) is 0 Å². The van der Waals surface area contributed by atoms with E-state index in [4.69, 9.17) is 0 Å². The molecule has 0 aliphatic rings. The van der Waals surface area contributed by atoms with Crippen molar-refractivity contribution in [3.05, 3.63) is 95.6 Å². The lowest BCUT2D eigenvalue weighted by Crippen LogP contribution is -2.50. The van der Waals surface area contributed by atoms with Gasteiger partial charge in [-0.05, 0) is 61.7 Å². The number of nitrogens with one attached hydrogen (secondary N) is 1. The Balaban J connectivity index is 2.04. The molecule has 0 heterocycles. The first-order valence-electron chi connectivity index (χ1n) is 11.3. The molecule has 7 nitrogen and oxygen atoms in total. The van der Waals surface area contributed by atoms with Gasteiger partial charge in [0.25, 0.3) is 10.0 Å². The molecule has 0 spiro atoms. The second-order valence-corrected chi connectivity index (χ2v) is 10.3. The van der Waals surface area contributed by atoms with E-state index in [1.165, 1.54) is 24.1 Å². The second kappa shape index (κ2) is 11.2. The molecule has 0 unspecified atom stereocenters. The fourth-order valence-corrected chi connectivity index (χ4v) is 5.13. The van der Waals surface area contributed by atoms with E-state index in [2.05, 4.69) is 5.32 Å². The monoisotopic (exact) mass is 493 g/mol. The van der Waals surface area contributed by atoms with E-state index in [0.29, 0.717) is 5.69 Å². The van der Waals surface area contributed by atoms with Gasteiger partial charge in [-0.3, -0.25) is 13.9 Å². The highest BCUT2D eigenvalue weighted by atomic mass is 32.2. The van der Waals surface area contributed by atoms with Crippen molar-refractivity contribution in [2.24, 2.45) is 0 Å². The van der Waals surface area contributed by atoms with Crippen LogP contribution in [0, 0.1) is 13.8 Å². The number of hydrogen-bond donors (Lipinski definition) is 1. The Bertz CT molecular complexity index is 1280. The second-order valence-electron chi connectivity index (χ2n) is 8.39. The smallest absolute Gasteiger partial charge is 0.264 e. The van der Waals surface area contributed by atoms with Gasteiger partial charge in [0.1, 0.15) is 12.6 Å². The molecule has 0 aliphatic carbocycles. The van der Waals surface area contributed by atoms with Gasteiger partial charge < -0.3 is 10.2 Å². The third kappa shape index (κ3) is 6.08. The third-order valence-corrected chi connectivity index (χ3v) is 7.79. The van der Waals surface area contributed by atoms with Crippen LogP contribution in [0.4, 0.5) is 5.69 Å². The molecule has 184 valence electrons. The minimum Gasteiger partial charge on any atom is -0.357 e. The van der Waals surface area contributed by atoms with Crippen LogP contribution in [-0.4, -0.2) is 44.8 Å². The lowest BCUT2D eigenvalue weighted by molar-refractivity contribution is -0.139. The Labute approximate surface area is 207 Å². The van der Waals surface area contributed by atoms with Gasteiger partial charge in [-0.15, -0.1) is 0 Å². The molecular formula is C27H31N3O4S. The first kappa shape index (κ1) is 26.0. The maximum Gasteiger partial charge on any atom is 0.264 e. The number of sulfonamides is 1. The number of carbonyl (C=O) groups excluding carboxylic acids is 2. The molecule has 0 aliphatic heterocycles. The minimum absolute atomic E-state index is 0.0833. The van der Waals surface area contributed by atoms with E-state index in [1.54, 1.807) is 37.3 Å². The molecule has 0 aromatic heterocycles. The van der Waals surface area contributed by atoms with Crippen molar-refractivity contribution in [2.75, 3.05) is 17.9 Å². The molecule has 1 atom stereocenters. The predicted molar refractivity (Wildman–Crippen MR) is 137 cm³/mol. The van der Waals surface area contributed by atoms with Crippen molar-refractivity contribution in [3.8, 4) is 0 Å². The molecule has 3 rings (SSSR count). The Kier molecular flexibility index (Phi) is 8.30. The molecule has 0 bridgehead atoms. The summed E-state index contributed by atoms with van der Waals surface area (Å²) in [7, 11) is -2.55. The number of nitrogens with zero attached hydrogens (tertiary/aromatic N) is 2. The van der Waals surface area contributed by atoms with Crippen LogP contribution in [0.5, 0.6) is 0 Å². The number of aryl methyl sites for hydroxylation is 2. The van der Waals surface area contributed by atoms with Gasteiger partial charge in [0.05, 0.1) is 10.6 Å². The number of carbonyl (C=O) groups is 2. The first-order chi connectivity index (χ1) is 16.6. The van der Waals surface area contributed by atoms with Gasteiger partial charge in [0, 0.05) is 13.6 Å². The summed E-state index contributed by atoms with van der Waals surface area (Å²) in [5.74, 6) is -0.819. The van der Waals surface area contributed by atoms with Crippen molar-refractivity contribution in [2.45, 2.75) is 38.3 Å². The number of likely N-dealkylation sites (N-methyl/N-ethyl adjacent to an activating group) is 1. The zero-order valence-corrected chi connectivity index (χ0v) is 21.2. The summed E-state index contributed by atoms with van der Waals surface area (Å²) in [6, 6.07) is 21.8. The molecule has 3 aromatic carbocycles. The highest BCUT2D eigenvalue weighted by molar-refractivity contribution is 7.92.